The van der Waals surface area contributed by atoms with E-state index in [1.54, 1.807) is 10.9 Å². The Morgan fingerprint density at radius 2 is 2.05 bits per heavy atom. The van der Waals surface area contributed by atoms with E-state index in [0.29, 0.717) is 11.5 Å². The third-order valence-electron chi connectivity index (χ3n) is 3.47. The number of hydrogen-bond donors (Lipinski definition) is 1. The number of para-hydroxylation sites is 1. The number of benzene rings is 1. The van der Waals surface area contributed by atoms with Crippen LogP contribution in [0.25, 0.3) is 10.9 Å². The molecule has 0 bridgehead atoms. The molecule has 21 heavy (non-hydrogen) atoms. The molecule has 1 amide bonds. The summed E-state index contributed by atoms with van der Waals surface area (Å²) in [5, 5.41) is 11.8. The highest BCUT2D eigenvalue weighted by Crippen LogP contribution is 2.19. The Kier molecular flexibility index (Phi) is 3.21. The van der Waals surface area contributed by atoms with Gasteiger partial charge in [0.25, 0.3) is 5.91 Å². The number of carbonyl (C=O) groups is 1. The topological polar surface area (TPSA) is 64.7 Å². The van der Waals surface area contributed by atoms with Crippen molar-refractivity contribution in [2.24, 2.45) is 7.05 Å². The number of nitrogens with one attached hydrogen (secondary N) is 1. The number of nitrogens with zero attached hydrogens (tertiary/aromatic N) is 4. The first-order valence-electron chi connectivity index (χ1n) is 6.84. The molecule has 0 fully saturated rings. The number of carbonyl (C=O) groups excluding carboxylic acids is 1. The molecule has 0 aliphatic carbocycles. The standard InChI is InChI=1S/C15H17N5O/c1-10(2)20-9-14(17-18-20)16-15(21)13-8-11-6-4-5-7-12(11)19(13)3/h4-10H,1-3H3,(H,16,21). The van der Waals surface area contributed by atoms with E-state index in [9.17, 15) is 4.79 Å². The number of aryl methyl sites for hydroxylation is 1. The molecule has 0 atom stereocenters. The van der Waals surface area contributed by atoms with Gasteiger partial charge in [0.05, 0.1) is 6.20 Å². The van der Waals surface area contributed by atoms with Crippen LogP contribution in [0.3, 0.4) is 0 Å². The second-order valence-corrected chi connectivity index (χ2v) is 5.28. The van der Waals surface area contributed by atoms with Gasteiger partial charge in [-0.25, -0.2) is 4.68 Å². The van der Waals surface area contributed by atoms with Crippen molar-refractivity contribution in [3.05, 3.63) is 42.2 Å². The molecule has 6 heteroatoms. The van der Waals surface area contributed by atoms with Crippen molar-refractivity contribution in [2.75, 3.05) is 5.32 Å². The van der Waals surface area contributed by atoms with Crippen molar-refractivity contribution in [1.29, 1.82) is 0 Å². The van der Waals surface area contributed by atoms with Gasteiger partial charge in [0.2, 0.25) is 0 Å². The van der Waals surface area contributed by atoms with Crippen LogP contribution in [0.4, 0.5) is 5.82 Å². The van der Waals surface area contributed by atoms with Crippen molar-refractivity contribution in [2.45, 2.75) is 19.9 Å². The fraction of sp³-hybridized carbons (Fsp3) is 0.267. The third-order valence-corrected chi connectivity index (χ3v) is 3.47. The lowest BCUT2D eigenvalue weighted by atomic mass is 10.2. The van der Waals surface area contributed by atoms with Gasteiger partial charge in [0.15, 0.2) is 5.82 Å². The Bertz CT molecular complexity index is 799. The molecule has 0 saturated heterocycles. The first-order valence-corrected chi connectivity index (χ1v) is 6.84. The van der Waals surface area contributed by atoms with Crippen LogP contribution >= 0.6 is 0 Å². The summed E-state index contributed by atoms with van der Waals surface area (Å²) in [5.41, 5.74) is 1.61. The van der Waals surface area contributed by atoms with Crippen molar-refractivity contribution < 1.29 is 4.79 Å². The number of aromatic nitrogens is 4. The number of anilines is 1. The lowest BCUT2D eigenvalue weighted by Gasteiger charge is -2.04. The zero-order chi connectivity index (χ0) is 15.0. The summed E-state index contributed by atoms with van der Waals surface area (Å²) in [6, 6.07) is 9.97. The van der Waals surface area contributed by atoms with Gasteiger partial charge in [-0.2, -0.15) is 0 Å². The normalized spacial score (nSPS) is 11.2. The molecule has 0 spiro atoms. The van der Waals surface area contributed by atoms with Crippen LogP contribution in [0.5, 0.6) is 0 Å². The average Bonchev–Trinajstić information content (AvgIpc) is 3.05. The maximum Gasteiger partial charge on any atom is 0.273 e. The van der Waals surface area contributed by atoms with E-state index in [4.69, 9.17) is 0 Å². The molecule has 0 unspecified atom stereocenters. The Morgan fingerprint density at radius 3 is 2.71 bits per heavy atom. The first kappa shape index (κ1) is 13.4. The quantitative estimate of drug-likeness (QED) is 0.803. The van der Waals surface area contributed by atoms with E-state index < -0.39 is 0 Å². The molecule has 6 nitrogen and oxygen atoms in total. The SMILES string of the molecule is CC(C)n1cc(NC(=O)c2cc3ccccc3n2C)nn1. The number of amides is 1. The smallest absolute Gasteiger partial charge is 0.273 e. The highest BCUT2D eigenvalue weighted by Gasteiger charge is 2.14. The summed E-state index contributed by atoms with van der Waals surface area (Å²) in [5.74, 6) is 0.267. The summed E-state index contributed by atoms with van der Waals surface area (Å²) in [6.45, 7) is 4.01. The monoisotopic (exact) mass is 283 g/mol. The van der Waals surface area contributed by atoms with E-state index in [0.717, 1.165) is 10.9 Å². The molecule has 2 heterocycles. The molecule has 0 aliphatic rings. The summed E-state index contributed by atoms with van der Waals surface area (Å²) in [4.78, 5) is 12.4. The Balaban J connectivity index is 1.88. The molecular weight excluding hydrogens is 266 g/mol. The predicted octanol–water partition coefficient (Wildman–Crippen LogP) is 2.60. The lowest BCUT2D eigenvalue weighted by Crippen LogP contribution is -2.15. The van der Waals surface area contributed by atoms with Crippen LogP contribution in [0.2, 0.25) is 0 Å². The van der Waals surface area contributed by atoms with E-state index in [2.05, 4.69) is 15.6 Å². The van der Waals surface area contributed by atoms with Crippen LogP contribution in [0.1, 0.15) is 30.4 Å². The molecule has 3 aromatic rings. The zero-order valence-corrected chi connectivity index (χ0v) is 12.2. The minimum atomic E-state index is -0.190. The van der Waals surface area contributed by atoms with Gasteiger partial charge >= 0.3 is 0 Å². The van der Waals surface area contributed by atoms with Crippen LogP contribution in [-0.4, -0.2) is 25.5 Å². The molecular formula is C15H17N5O. The van der Waals surface area contributed by atoms with Crippen molar-refractivity contribution >= 4 is 22.6 Å². The minimum Gasteiger partial charge on any atom is -0.340 e. The van der Waals surface area contributed by atoms with Gasteiger partial charge in [-0.15, -0.1) is 5.10 Å². The Morgan fingerprint density at radius 1 is 1.29 bits per heavy atom. The van der Waals surface area contributed by atoms with Gasteiger partial charge < -0.3 is 9.88 Å². The van der Waals surface area contributed by atoms with Crippen LogP contribution in [0, 0.1) is 0 Å². The summed E-state index contributed by atoms with van der Waals surface area (Å²) >= 11 is 0. The minimum absolute atomic E-state index is 0.190. The van der Waals surface area contributed by atoms with Crippen molar-refractivity contribution in [1.82, 2.24) is 19.6 Å². The highest BCUT2D eigenvalue weighted by molar-refractivity contribution is 6.05. The molecule has 0 radical (unpaired) electrons. The predicted molar refractivity (Wildman–Crippen MR) is 81.3 cm³/mol. The fourth-order valence-corrected chi connectivity index (χ4v) is 2.27. The second kappa shape index (κ2) is 5.05. The highest BCUT2D eigenvalue weighted by atomic mass is 16.2. The summed E-state index contributed by atoms with van der Waals surface area (Å²) < 4.78 is 3.58. The Labute approximate surface area is 122 Å². The van der Waals surface area contributed by atoms with E-state index in [1.807, 2.05) is 55.8 Å². The molecule has 0 saturated carbocycles. The molecule has 1 N–H and O–H groups in total. The average molecular weight is 283 g/mol. The number of hydrogen-bond acceptors (Lipinski definition) is 3. The van der Waals surface area contributed by atoms with Crippen LogP contribution < -0.4 is 5.32 Å². The zero-order valence-electron chi connectivity index (χ0n) is 12.2. The third kappa shape index (κ3) is 2.40. The van der Waals surface area contributed by atoms with Gasteiger partial charge in [0, 0.05) is 24.0 Å². The van der Waals surface area contributed by atoms with E-state index >= 15 is 0 Å². The van der Waals surface area contributed by atoms with Crippen LogP contribution in [-0.2, 0) is 7.05 Å². The molecule has 0 aliphatic heterocycles. The lowest BCUT2D eigenvalue weighted by molar-refractivity contribution is 0.101. The summed E-state index contributed by atoms with van der Waals surface area (Å²) in [7, 11) is 1.88. The Hall–Kier alpha value is -2.63. The first-order chi connectivity index (χ1) is 10.1. The van der Waals surface area contributed by atoms with Gasteiger partial charge in [0.1, 0.15) is 5.69 Å². The second-order valence-electron chi connectivity index (χ2n) is 5.28. The fourth-order valence-electron chi connectivity index (χ4n) is 2.27. The number of fused-ring (bicyclic) bond motifs is 1. The molecule has 3 rings (SSSR count). The van der Waals surface area contributed by atoms with Crippen LogP contribution in [0.15, 0.2) is 36.5 Å². The van der Waals surface area contributed by atoms with E-state index in [1.165, 1.54) is 0 Å². The molecule has 108 valence electrons. The van der Waals surface area contributed by atoms with Crippen molar-refractivity contribution in [3.63, 3.8) is 0 Å². The maximum atomic E-state index is 12.4. The largest absolute Gasteiger partial charge is 0.340 e. The van der Waals surface area contributed by atoms with Crippen molar-refractivity contribution in [3.8, 4) is 0 Å². The van der Waals surface area contributed by atoms with Gasteiger partial charge in [-0.3, -0.25) is 4.79 Å². The number of rotatable bonds is 3. The summed E-state index contributed by atoms with van der Waals surface area (Å²) in [6.07, 6.45) is 1.73. The van der Waals surface area contributed by atoms with E-state index in [-0.39, 0.29) is 11.9 Å². The van der Waals surface area contributed by atoms with Gasteiger partial charge in [-0.1, -0.05) is 23.4 Å². The molecule has 1 aromatic carbocycles. The molecule has 2 aromatic heterocycles. The maximum absolute atomic E-state index is 12.4. The van der Waals surface area contributed by atoms with Gasteiger partial charge in [-0.05, 0) is 26.0 Å².